The zero-order valence-corrected chi connectivity index (χ0v) is 17.0. The first-order chi connectivity index (χ1) is 13.0. The van der Waals surface area contributed by atoms with Crippen molar-refractivity contribution in [2.45, 2.75) is 32.2 Å². The lowest BCUT2D eigenvalue weighted by Gasteiger charge is -2.37. The van der Waals surface area contributed by atoms with Crippen LogP contribution in [0.2, 0.25) is 0 Å². The SMILES string of the molecule is COc1cc(C(=O)N(C)C2CCN(CC3CCOC3)CC2)cc(OC)c1C. The Morgan fingerprint density at radius 2 is 1.81 bits per heavy atom. The number of rotatable bonds is 6. The third-order valence-electron chi connectivity index (χ3n) is 5.96. The van der Waals surface area contributed by atoms with E-state index >= 15 is 0 Å². The van der Waals surface area contributed by atoms with Gasteiger partial charge in [-0.05, 0) is 44.2 Å². The summed E-state index contributed by atoms with van der Waals surface area (Å²) in [5, 5.41) is 0. The molecule has 0 bridgehead atoms. The molecule has 6 nitrogen and oxygen atoms in total. The lowest BCUT2D eigenvalue weighted by Crippen LogP contribution is -2.46. The molecule has 1 unspecified atom stereocenters. The van der Waals surface area contributed by atoms with E-state index < -0.39 is 0 Å². The summed E-state index contributed by atoms with van der Waals surface area (Å²) in [7, 11) is 5.14. The quantitative estimate of drug-likeness (QED) is 0.764. The number of likely N-dealkylation sites (tertiary alicyclic amines) is 1. The molecule has 2 heterocycles. The summed E-state index contributed by atoms with van der Waals surface area (Å²) in [6.45, 7) is 6.94. The molecule has 2 aliphatic rings. The fourth-order valence-electron chi connectivity index (χ4n) is 4.16. The number of ether oxygens (including phenoxy) is 3. The average molecular weight is 376 g/mol. The van der Waals surface area contributed by atoms with E-state index in [0.29, 0.717) is 23.0 Å². The van der Waals surface area contributed by atoms with Crippen LogP contribution < -0.4 is 9.47 Å². The number of carbonyl (C=O) groups excluding carboxylic acids is 1. The van der Waals surface area contributed by atoms with Crippen molar-refractivity contribution in [2.24, 2.45) is 5.92 Å². The molecule has 2 saturated heterocycles. The van der Waals surface area contributed by atoms with Gasteiger partial charge in [-0.15, -0.1) is 0 Å². The van der Waals surface area contributed by atoms with Crippen molar-refractivity contribution in [2.75, 3.05) is 54.1 Å². The van der Waals surface area contributed by atoms with Gasteiger partial charge in [-0.3, -0.25) is 4.79 Å². The molecule has 3 rings (SSSR count). The molecule has 6 heteroatoms. The van der Waals surface area contributed by atoms with Crippen LogP contribution in [-0.2, 0) is 4.74 Å². The van der Waals surface area contributed by atoms with Crippen LogP contribution in [-0.4, -0.2) is 75.9 Å². The Morgan fingerprint density at radius 1 is 1.19 bits per heavy atom. The largest absolute Gasteiger partial charge is 0.496 e. The molecule has 1 aromatic rings. The number of benzene rings is 1. The van der Waals surface area contributed by atoms with Gasteiger partial charge in [0.25, 0.3) is 5.91 Å². The fourth-order valence-corrected chi connectivity index (χ4v) is 4.16. The molecule has 0 saturated carbocycles. The van der Waals surface area contributed by atoms with Gasteiger partial charge in [-0.1, -0.05) is 0 Å². The number of hydrogen-bond acceptors (Lipinski definition) is 5. The highest BCUT2D eigenvalue weighted by atomic mass is 16.5. The molecule has 150 valence electrons. The second kappa shape index (κ2) is 8.93. The van der Waals surface area contributed by atoms with Crippen molar-refractivity contribution in [3.63, 3.8) is 0 Å². The number of amides is 1. The van der Waals surface area contributed by atoms with E-state index in [-0.39, 0.29) is 11.9 Å². The Labute approximate surface area is 162 Å². The van der Waals surface area contributed by atoms with Crippen molar-refractivity contribution >= 4 is 5.91 Å². The summed E-state index contributed by atoms with van der Waals surface area (Å²) in [5.74, 6) is 2.06. The van der Waals surface area contributed by atoms with E-state index in [9.17, 15) is 4.79 Å². The van der Waals surface area contributed by atoms with Crippen molar-refractivity contribution < 1.29 is 19.0 Å². The maximum absolute atomic E-state index is 13.0. The number of piperidine rings is 1. The Balaban J connectivity index is 1.61. The first-order valence-electron chi connectivity index (χ1n) is 9.83. The van der Waals surface area contributed by atoms with E-state index in [0.717, 1.165) is 51.3 Å². The minimum atomic E-state index is 0.0224. The summed E-state index contributed by atoms with van der Waals surface area (Å²) >= 11 is 0. The van der Waals surface area contributed by atoms with E-state index in [1.165, 1.54) is 6.42 Å². The van der Waals surface area contributed by atoms with Crippen LogP contribution in [0.1, 0.15) is 35.2 Å². The number of hydrogen-bond donors (Lipinski definition) is 0. The maximum Gasteiger partial charge on any atom is 0.254 e. The molecule has 2 aliphatic heterocycles. The van der Waals surface area contributed by atoms with Crippen molar-refractivity contribution in [3.8, 4) is 11.5 Å². The molecule has 1 amide bonds. The first-order valence-corrected chi connectivity index (χ1v) is 9.83. The summed E-state index contributed by atoms with van der Waals surface area (Å²) < 4.78 is 16.3. The highest BCUT2D eigenvalue weighted by Gasteiger charge is 2.28. The summed E-state index contributed by atoms with van der Waals surface area (Å²) in [6, 6.07) is 3.89. The van der Waals surface area contributed by atoms with Crippen LogP contribution in [0.5, 0.6) is 11.5 Å². The Bertz CT molecular complexity index is 625. The second-order valence-corrected chi connectivity index (χ2v) is 7.68. The average Bonchev–Trinajstić information content (AvgIpc) is 3.20. The maximum atomic E-state index is 13.0. The van der Waals surface area contributed by atoms with Crippen LogP contribution in [0.4, 0.5) is 0 Å². The Kier molecular flexibility index (Phi) is 6.60. The van der Waals surface area contributed by atoms with Gasteiger partial charge in [0.2, 0.25) is 0 Å². The van der Waals surface area contributed by atoms with E-state index in [1.807, 2.05) is 31.0 Å². The predicted molar refractivity (Wildman–Crippen MR) is 105 cm³/mol. The predicted octanol–water partition coefficient (Wildman–Crippen LogP) is 2.59. The second-order valence-electron chi connectivity index (χ2n) is 7.68. The summed E-state index contributed by atoms with van der Waals surface area (Å²) in [5.41, 5.74) is 1.52. The molecule has 0 radical (unpaired) electrons. The third kappa shape index (κ3) is 4.55. The Hall–Kier alpha value is -1.79. The molecule has 1 aromatic carbocycles. The molecule has 0 spiro atoms. The highest BCUT2D eigenvalue weighted by Crippen LogP contribution is 2.30. The normalized spacial score (nSPS) is 21.3. The van der Waals surface area contributed by atoms with Crippen LogP contribution in [0.3, 0.4) is 0 Å². The summed E-state index contributed by atoms with van der Waals surface area (Å²) in [6.07, 6.45) is 3.20. The smallest absolute Gasteiger partial charge is 0.254 e. The summed E-state index contributed by atoms with van der Waals surface area (Å²) in [4.78, 5) is 17.4. The van der Waals surface area contributed by atoms with E-state index in [1.54, 1.807) is 14.2 Å². The highest BCUT2D eigenvalue weighted by molar-refractivity contribution is 5.95. The van der Waals surface area contributed by atoms with Crippen molar-refractivity contribution in [1.82, 2.24) is 9.80 Å². The molecule has 0 aromatic heterocycles. The van der Waals surface area contributed by atoms with Gasteiger partial charge in [0.15, 0.2) is 0 Å². The number of methoxy groups -OCH3 is 2. The van der Waals surface area contributed by atoms with Gasteiger partial charge >= 0.3 is 0 Å². The molecule has 1 atom stereocenters. The topological polar surface area (TPSA) is 51.2 Å². The van der Waals surface area contributed by atoms with E-state index in [2.05, 4.69) is 4.90 Å². The van der Waals surface area contributed by atoms with Gasteiger partial charge in [0, 0.05) is 50.5 Å². The van der Waals surface area contributed by atoms with Gasteiger partial charge in [-0.25, -0.2) is 0 Å². The third-order valence-corrected chi connectivity index (χ3v) is 5.96. The van der Waals surface area contributed by atoms with Gasteiger partial charge < -0.3 is 24.0 Å². The van der Waals surface area contributed by atoms with Gasteiger partial charge in [-0.2, -0.15) is 0 Å². The monoisotopic (exact) mass is 376 g/mol. The van der Waals surface area contributed by atoms with Crippen molar-refractivity contribution in [1.29, 1.82) is 0 Å². The molecule has 27 heavy (non-hydrogen) atoms. The zero-order chi connectivity index (χ0) is 19.4. The Morgan fingerprint density at radius 3 is 2.33 bits per heavy atom. The fraction of sp³-hybridized carbons (Fsp3) is 0.667. The van der Waals surface area contributed by atoms with E-state index in [4.69, 9.17) is 14.2 Å². The zero-order valence-electron chi connectivity index (χ0n) is 17.0. The number of nitrogens with zero attached hydrogens (tertiary/aromatic N) is 2. The minimum Gasteiger partial charge on any atom is -0.496 e. The van der Waals surface area contributed by atoms with Crippen LogP contribution in [0.15, 0.2) is 12.1 Å². The van der Waals surface area contributed by atoms with Crippen molar-refractivity contribution in [3.05, 3.63) is 23.3 Å². The standard InChI is InChI=1S/C21H32N2O4/c1-15-19(25-3)11-17(12-20(15)26-4)21(24)22(2)18-5-8-23(9-6-18)13-16-7-10-27-14-16/h11-12,16,18H,5-10,13-14H2,1-4H3. The molecule has 0 N–H and O–H groups in total. The molecular formula is C21H32N2O4. The van der Waals surface area contributed by atoms with Gasteiger partial charge in [0.05, 0.1) is 20.8 Å². The molecule has 2 fully saturated rings. The molecular weight excluding hydrogens is 344 g/mol. The van der Waals surface area contributed by atoms with Crippen LogP contribution in [0.25, 0.3) is 0 Å². The van der Waals surface area contributed by atoms with Crippen LogP contribution >= 0.6 is 0 Å². The van der Waals surface area contributed by atoms with Crippen LogP contribution in [0, 0.1) is 12.8 Å². The van der Waals surface area contributed by atoms with Gasteiger partial charge in [0.1, 0.15) is 11.5 Å². The number of carbonyl (C=O) groups is 1. The lowest BCUT2D eigenvalue weighted by atomic mass is 10.00. The first kappa shape index (κ1) is 20.0. The lowest BCUT2D eigenvalue weighted by molar-refractivity contribution is 0.0624. The minimum absolute atomic E-state index is 0.0224. The molecule has 0 aliphatic carbocycles.